The molecule has 5 nitrogen and oxygen atoms in total. The first-order chi connectivity index (χ1) is 11.5. The van der Waals surface area contributed by atoms with E-state index in [1.807, 2.05) is 6.92 Å². The fourth-order valence-electron chi connectivity index (χ4n) is 7.31. The van der Waals surface area contributed by atoms with E-state index in [1.54, 1.807) is 0 Å². The molecule has 4 N–H and O–H groups in total. The van der Waals surface area contributed by atoms with E-state index >= 15 is 0 Å². The van der Waals surface area contributed by atoms with Gasteiger partial charge in [-0.1, -0.05) is 27.4 Å². The molecule has 1 spiro atoms. The van der Waals surface area contributed by atoms with Gasteiger partial charge in [-0.05, 0) is 49.0 Å². The van der Waals surface area contributed by atoms with Gasteiger partial charge in [-0.15, -0.1) is 0 Å². The fraction of sp³-hybridized carbons (Fsp3) is 0.850. The van der Waals surface area contributed by atoms with Crippen molar-refractivity contribution in [3.05, 3.63) is 12.2 Å². The summed E-state index contributed by atoms with van der Waals surface area (Å²) in [6, 6.07) is 0. The Morgan fingerprint density at radius 2 is 1.68 bits per heavy atom. The predicted molar refractivity (Wildman–Crippen MR) is 91.5 cm³/mol. The Bertz CT molecular complexity index is 656. The third-order valence-corrected chi connectivity index (χ3v) is 8.76. The van der Waals surface area contributed by atoms with Gasteiger partial charge in [-0.2, -0.15) is 0 Å². The molecule has 0 radical (unpaired) electrons. The maximum atomic E-state index is 13.2. The van der Waals surface area contributed by atoms with Crippen molar-refractivity contribution in [1.29, 1.82) is 0 Å². The Balaban J connectivity index is 1.98. The van der Waals surface area contributed by atoms with E-state index in [0.29, 0.717) is 24.8 Å². The number of Topliss-reactive ketones (excluding diaryl/α,β-unsaturated/α-hetero) is 1. The minimum Gasteiger partial charge on any atom is -0.392 e. The summed E-state index contributed by atoms with van der Waals surface area (Å²) in [6.45, 7) is 9.93. The van der Waals surface area contributed by atoms with Crippen molar-refractivity contribution in [3.8, 4) is 0 Å². The Kier molecular flexibility index (Phi) is 3.35. The van der Waals surface area contributed by atoms with Gasteiger partial charge in [0.2, 0.25) is 0 Å². The number of hydrogen-bond donors (Lipinski definition) is 4. The highest BCUT2D eigenvalue weighted by atomic mass is 16.3. The zero-order valence-electron chi connectivity index (χ0n) is 15.3. The summed E-state index contributed by atoms with van der Waals surface area (Å²) in [6.07, 6.45) is -0.667. The van der Waals surface area contributed by atoms with E-state index in [4.69, 9.17) is 0 Å². The van der Waals surface area contributed by atoms with Crippen LogP contribution in [0.3, 0.4) is 0 Å². The van der Waals surface area contributed by atoms with Crippen LogP contribution >= 0.6 is 0 Å². The average molecular weight is 350 g/mol. The Morgan fingerprint density at radius 1 is 1.04 bits per heavy atom. The molecule has 0 aromatic carbocycles. The summed E-state index contributed by atoms with van der Waals surface area (Å²) in [5, 5.41) is 45.1. The van der Waals surface area contributed by atoms with Crippen molar-refractivity contribution in [2.24, 2.45) is 28.1 Å². The molecule has 140 valence electrons. The molecule has 8 atom stereocenters. The number of carbonyl (C=O) groups excluding carboxylic acids is 1. The zero-order valence-corrected chi connectivity index (χ0v) is 15.3. The van der Waals surface area contributed by atoms with E-state index in [1.165, 1.54) is 0 Å². The molecular weight excluding hydrogens is 320 g/mol. The Hall–Kier alpha value is -0.750. The average Bonchev–Trinajstić information content (AvgIpc) is 2.66. The smallest absolute Gasteiger partial charge is 0.172 e. The third kappa shape index (κ3) is 1.59. The number of aliphatic hydroxyl groups is 4. The molecule has 4 rings (SSSR count). The van der Waals surface area contributed by atoms with Gasteiger partial charge in [0.25, 0.3) is 0 Å². The molecule has 0 unspecified atom stereocenters. The monoisotopic (exact) mass is 350 g/mol. The highest BCUT2D eigenvalue weighted by Gasteiger charge is 2.81. The minimum absolute atomic E-state index is 0.139. The minimum atomic E-state index is -1.66. The summed E-state index contributed by atoms with van der Waals surface area (Å²) >= 11 is 0. The summed E-state index contributed by atoms with van der Waals surface area (Å²) < 4.78 is 0. The summed E-state index contributed by atoms with van der Waals surface area (Å²) in [4.78, 5) is 13.2. The first kappa shape index (κ1) is 17.7. The summed E-state index contributed by atoms with van der Waals surface area (Å²) in [5.74, 6) is -0.955. The van der Waals surface area contributed by atoms with Gasteiger partial charge >= 0.3 is 0 Å². The number of aliphatic hydroxyl groups excluding tert-OH is 3. The van der Waals surface area contributed by atoms with Crippen molar-refractivity contribution in [3.63, 3.8) is 0 Å². The summed E-state index contributed by atoms with van der Waals surface area (Å²) in [5.41, 5.74) is -4.13. The lowest BCUT2D eigenvalue weighted by molar-refractivity contribution is -0.325. The van der Waals surface area contributed by atoms with Crippen LogP contribution in [-0.2, 0) is 4.79 Å². The number of hydrogen-bond acceptors (Lipinski definition) is 5. The lowest BCUT2D eigenvalue weighted by atomic mass is 9.37. The van der Waals surface area contributed by atoms with E-state index < -0.39 is 46.4 Å². The fourth-order valence-corrected chi connectivity index (χ4v) is 7.31. The van der Waals surface area contributed by atoms with Gasteiger partial charge < -0.3 is 20.4 Å². The van der Waals surface area contributed by atoms with Gasteiger partial charge in [0.05, 0.1) is 23.9 Å². The zero-order chi connectivity index (χ0) is 18.6. The Morgan fingerprint density at radius 3 is 2.32 bits per heavy atom. The highest BCUT2D eigenvalue weighted by molar-refractivity contribution is 6.05. The van der Waals surface area contributed by atoms with Crippen molar-refractivity contribution in [2.45, 2.75) is 76.8 Å². The number of ketones is 1. The van der Waals surface area contributed by atoms with Crippen molar-refractivity contribution < 1.29 is 25.2 Å². The van der Waals surface area contributed by atoms with Gasteiger partial charge in [0, 0.05) is 11.3 Å². The topological polar surface area (TPSA) is 98.0 Å². The molecule has 5 heteroatoms. The highest BCUT2D eigenvalue weighted by Crippen LogP contribution is 2.72. The SMILES string of the molecule is C=C1C(=O)[C@@]23[C@H](O)C[C@@H]4C(C)(C)CC[C@@H](O)[C@@]4(C)[C@]2(O)CC[C@@H]1[C@H]3O. The molecule has 4 fully saturated rings. The molecule has 0 amide bonds. The molecule has 2 bridgehead atoms. The van der Waals surface area contributed by atoms with Crippen LogP contribution in [0.25, 0.3) is 0 Å². The standard InChI is InChI=1S/C20H30O5/c1-10-11-5-8-19(25)18(4)12(17(2,3)7-6-13(18)21)9-14(22)20(19,15(10)23)16(11)24/h11-14,16,21-22,24-25H,1,5-9H2,2-4H3/t11-,12+,13+,14+,16+,18-,19+,20+/m0/s1. The number of fused-ring (bicyclic) bond motifs is 3. The second-order valence-corrected chi connectivity index (χ2v) is 9.80. The predicted octanol–water partition coefficient (Wildman–Crippen LogP) is 1.18. The van der Waals surface area contributed by atoms with E-state index in [0.717, 1.165) is 6.42 Å². The molecule has 0 aromatic rings. The van der Waals surface area contributed by atoms with E-state index in [2.05, 4.69) is 20.4 Å². The van der Waals surface area contributed by atoms with Crippen LogP contribution in [0.4, 0.5) is 0 Å². The van der Waals surface area contributed by atoms with E-state index in [9.17, 15) is 25.2 Å². The van der Waals surface area contributed by atoms with Crippen LogP contribution in [0, 0.1) is 28.1 Å². The Labute approximate surface area is 148 Å². The van der Waals surface area contributed by atoms with Crippen LogP contribution in [0.15, 0.2) is 12.2 Å². The largest absolute Gasteiger partial charge is 0.392 e. The van der Waals surface area contributed by atoms with Crippen LogP contribution in [0.5, 0.6) is 0 Å². The van der Waals surface area contributed by atoms with Crippen LogP contribution in [-0.4, -0.2) is 50.1 Å². The lowest BCUT2D eigenvalue weighted by Gasteiger charge is -2.70. The van der Waals surface area contributed by atoms with Gasteiger partial charge in [0.1, 0.15) is 5.41 Å². The third-order valence-electron chi connectivity index (χ3n) is 8.76. The quantitative estimate of drug-likeness (QED) is 0.492. The normalized spacial score (nSPS) is 57.2. The van der Waals surface area contributed by atoms with Crippen molar-refractivity contribution in [1.82, 2.24) is 0 Å². The molecule has 25 heavy (non-hydrogen) atoms. The van der Waals surface area contributed by atoms with E-state index in [-0.39, 0.29) is 17.8 Å². The summed E-state index contributed by atoms with van der Waals surface area (Å²) in [7, 11) is 0. The number of carbonyl (C=O) groups is 1. The van der Waals surface area contributed by atoms with Gasteiger partial charge in [-0.25, -0.2) is 0 Å². The molecule has 4 aliphatic carbocycles. The molecule has 0 aliphatic heterocycles. The van der Waals surface area contributed by atoms with Crippen LogP contribution < -0.4 is 0 Å². The van der Waals surface area contributed by atoms with Crippen molar-refractivity contribution >= 4 is 5.78 Å². The first-order valence-corrected chi connectivity index (χ1v) is 9.46. The van der Waals surface area contributed by atoms with Crippen LogP contribution in [0.2, 0.25) is 0 Å². The molecule has 4 aliphatic rings. The maximum Gasteiger partial charge on any atom is 0.172 e. The maximum absolute atomic E-state index is 13.2. The molecular formula is C20H30O5. The lowest BCUT2D eigenvalue weighted by Crippen LogP contribution is -2.79. The van der Waals surface area contributed by atoms with Gasteiger partial charge in [0.15, 0.2) is 5.78 Å². The van der Waals surface area contributed by atoms with Crippen molar-refractivity contribution in [2.75, 3.05) is 0 Å². The molecule has 0 heterocycles. The number of rotatable bonds is 0. The second kappa shape index (κ2) is 4.75. The van der Waals surface area contributed by atoms with Crippen LogP contribution in [0.1, 0.15) is 52.9 Å². The molecule has 4 saturated carbocycles. The molecule has 0 aromatic heterocycles. The first-order valence-electron chi connectivity index (χ1n) is 9.46. The molecule has 0 saturated heterocycles. The second-order valence-electron chi connectivity index (χ2n) is 9.80. The van der Waals surface area contributed by atoms with Gasteiger partial charge in [-0.3, -0.25) is 4.79 Å².